The third-order valence-electron chi connectivity index (χ3n) is 4.00. The molecule has 0 fully saturated rings. The van der Waals surface area contributed by atoms with Gasteiger partial charge in [0.1, 0.15) is 21.2 Å². The Morgan fingerprint density at radius 1 is 0.794 bits per heavy atom. The molecule has 1 N–H and O–H groups in total. The summed E-state index contributed by atoms with van der Waals surface area (Å²) in [4.78, 5) is -3.68. The molecule has 2 rings (SSSR count). The SMILES string of the molecule is CC(C)(C)c1cccc(C=Nc2c(S(F)(F)(F)(F)F)cccc2S(F)(F)(F)(F)F)c1O.[Cl][Ti][Cl]. The van der Waals surface area contributed by atoms with Gasteiger partial charge in [0.05, 0.1) is 0 Å². The molecule has 0 aliphatic rings. The van der Waals surface area contributed by atoms with E-state index >= 15 is 0 Å². The number of halogens is 12. The van der Waals surface area contributed by atoms with E-state index in [9.17, 15) is 44.0 Å². The molecule has 0 spiro atoms. The standard InChI is InChI=1S/C17H17F10NOS2.2ClH.Ti/c1-17(2,3)12-7-4-6-11(16(12)29)10-28-15-13(30(18,19,20,21)22)8-5-9-14(15)31(23,24,25,26)27;;;/h4-10,29H,1-3H3;2*1H;/q;;;+2/p-2. The van der Waals surface area contributed by atoms with E-state index in [2.05, 4.69) is 4.99 Å². The van der Waals surface area contributed by atoms with Crippen molar-refractivity contribution in [2.24, 2.45) is 4.99 Å². The molecule has 2 nitrogen and oxygen atoms in total. The Bertz CT molecular complexity index is 1070. The van der Waals surface area contributed by atoms with Crippen LogP contribution in [-0.2, 0) is 22.4 Å². The number of aliphatic imine (C=N–C) groups is 1. The van der Waals surface area contributed by atoms with Gasteiger partial charge in [-0.1, -0.05) is 77.8 Å². The van der Waals surface area contributed by atoms with Crippen LogP contribution in [0.2, 0.25) is 0 Å². The first-order valence-corrected chi connectivity index (χ1v) is 16.8. The predicted molar refractivity (Wildman–Crippen MR) is 115 cm³/mol. The van der Waals surface area contributed by atoms with Crippen molar-refractivity contribution in [3.05, 3.63) is 47.5 Å². The molecule has 0 unspecified atom stereocenters. The number of hydrogen-bond donors (Lipinski definition) is 1. The second-order valence-corrected chi connectivity index (χ2v) is 15.2. The van der Waals surface area contributed by atoms with Gasteiger partial charge in [-0.25, -0.2) is 0 Å². The third kappa shape index (κ3) is 8.40. The summed E-state index contributed by atoms with van der Waals surface area (Å²) in [6.45, 7) is 4.87. The maximum absolute atomic E-state index is 13.3. The summed E-state index contributed by atoms with van der Waals surface area (Å²) in [7, 11) is -12.0. The molecule has 0 aromatic heterocycles. The zero-order chi connectivity index (χ0) is 27.1. The van der Waals surface area contributed by atoms with Crippen LogP contribution >= 0.6 is 39.1 Å². The van der Waals surface area contributed by atoms with E-state index in [1.165, 1.54) is 12.1 Å². The topological polar surface area (TPSA) is 32.6 Å². The second-order valence-electron chi connectivity index (χ2n) is 7.86. The van der Waals surface area contributed by atoms with Crippen LogP contribution in [0.4, 0.5) is 44.5 Å². The summed E-state index contributed by atoms with van der Waals surface area (Å²) in [6, 6.07) is 2.57. The van der Waals surface area contributed by atoms with Gasteiger partial charge >= 0.3 is 56.1 Å². The zero-order valence-electron chi connectivity index (χ0n) is 17.3. The molecule has 2 aromatic rings. The van der Waals surface area contributed by atoms with Crippen LogP contribution in [0.15, 0.2) is 51.2 Å². The molecule has 0 atom stereocenters. The number of benzene rings is 2. The first-order chi connectivity index (χ1) is 14.6. The molecule has 17 heteroatoms. The fourth-order valence-electron chi connectivity index (χ4n) is 2.66. The van der Waals surface area contributed by atoms with Gasteiger partial charge in [-0.3, -0.25) is 4.99 Å². The Labute approximate surface area is 205 Å². The quantitative estimate of drug-likeness (QED) is 0.205. The van der Waals surface area contributed by atoms with Crippen LogP contribution in [0.5, 0.6) is 5.75 Å². The van der Waals surface area contributed by atoms with E-state index < -0.39 is 81.8 Å². The van der Waals surface area contributed by atoms with E-state index in [-0.39, 0.29) is 17.8 Å². The van der Waals surface area contributed by atoms with Crippen LogP contribution in [0.3, 0.4) is 0 Å². The fourth-order valence-corrected chi connectivity index (χ4v) is 4.45. The number of rotatable bonds is 4. The van der Waals surface area contributed by atoms with Gasteiger partial charge in [0, 0.05) is 11.8 Å². The summed E-state index contributed by atoms with van der Waals surface area (Å²) >= 11 is -0.556. The molecule has 34 heavy (non-hydrogen) atoms. The summed E-state index contributed by atoms with van der Waals surface area (Å²) in [6.07, 6.45) is 0.194. The first-order valence-electron chi connectivity index (χ1n) is 8.56. The fraction of sp³-hybridized carbons (Fsp3) is 0.235. The van der Waals surface area contributed by atoms with Crippen molar-refractivity contribution in [2.75, 3.05) is 0 Å². The second kappa shape index (κ2) is 8.10. The monoisotopic (exact) mass is 623 g/mol. The Morgan fingerprint density at radius 3 is 1.53 bits per heavy atom. The van der Waals surface area contributed by atoms with Crippen LogP contribution < -0.4 is 0 Å². The first kappa shape index (κ1) is 31.2. The van der Waals surface area contributed by atoms with Crippen molar-refractivity contribution in [1.29, 1.82) is 0 Å². The Balaban J connectivity index is 0.00000182. The number of nitrogens with zero attached hydrogens (tertiary/aromatic N) is 1. The Kier molecular flexibility index (Phi) is 7.44. The average Bonchev–Trinajstić information content (AvgIpc) is 2.56. The molecule has 0 heterocycles. The summed E-state index contributed by atoms with van der Waals surface area (Å²) < 4.78 is 133. The zero-order valence-corrected chi connectivity index (χ0v) is 22.0. The van der Waals surface area contributed by atoms with Gasteiger partial charge in [-0.2, -0.15) is 0 Å². The van der Waals surface area contributed by atoms with E-state index in [1.54, 1.807) is 20.8 Å². The molecule has 0 amide bonds. The predicted octanol–water partition coefficient (Wildman–Crippen LogP) is 11.1. The van der Waals surface area contributed by atoms with Crippen LogP contribution in [0, 0.1) is 0 Å². The van der Waals surface area contributed by atoms with Crippen molar-refractivity contribution in [2.45, 2.75) is 36.0 Å². The van der Waals surface area contributed by atoms with E-state index in [1.807, 2.05) is 0 Å². The minimum absolute atomic E-state index is 0.194. The molecule has 0 saturated carbocycles. The van der Waals surface area contributed by atoms with Crippen molar-refractivity contribution in [3.8, 4) is 5.75 Å². The summed E-state index contributed by atoms with van der Waals surface area (Å²) in [5, 5.41) is 10.2. The molecular weight excluding hydrogens is 607 g/mol. The van der Waals surface area contributed by atoms with Crippen molar-refractivity contribution in [3.63, 3.8) is 0 Å². The van der Waals surface area contributed by atoms with Crippen molar-refractivity contribution in [1.82, 2.24) is 0 Å². The number of phenols is 1. The van der Waals surface area contributed by atoms with Gasteiger partial charge in [0.2, 0.25) is 0 Å². The third-order valence-corrected chi connectivity index (χ3v) is 6.32. The van der Waals surface area contributed by atoms with E-state index in [0.29, 0.717) is 0 Å². The maximum atomic E-state index is 13.3. The molecule has 0 bridgehead atoms. The van der Waals surface area contributed by atoms with Gasteiger partial charge in [-0.05, 0) is 29.2 Å². The Hall–Kier alpha value is -0.796. The molecule has 0 radical (unpaired) electrons. The van der Waals surface area contributed by atoms with Crippen LogP contribution in [0.1, 0.15) is 31.9 Å². The van der Waals surface area contributed by atoms with E-state index in [4.69, 9.17) is 18.6 Å². The Morgan fingerprint density at radius 2 is 1.18 bits per heavy atom. The van der Waals surface area contributed by atoms with Crippen molar-refractivity contribution >= 4 is 51.0 Å². The molecule has 2 aromatic carbocycles. The number of aromatic hydroxyl groups is 1. The van der Waals surface area contributed by atoms with Gasteiger partial charge in [-0.15, -0.1) is 0 Å². The molecule has 0 saturated heterocycles. The number of para-hydroxylation sites is 2. The molecule has 196 valence electrons. The van der Waals surface area contributed by atoms with Gasteiger partial charge < -0.3 is 5.11 Å². The van der Waals surface area contributed by atoms with Gasteiger partial charge in [0.15, 0.2) is 0 Å². The van der Waals surface area contributed by atoms with Crippen LogP contribution in [-0.4, -0.2) is 11.3 Å². The number of phenolic OH excluding ortho intramolecular Hbond substituents is 1. The molecular formula is C17H17Cl2F10NOS2Ti. The number of hydrogen-bond acceptors (Lipinski definition) is 2. The van der Waals surface area contributed by atoms with E-state index in [0.717, 1.165) is 6.07 Å². The summed E-state index contributed by atoms with van der Waals surface area (Å²) in [5.74, 6) is -0.613. The normalized spacial score (nSPS) is 17.0. The molecule has 0 aliphatic heterocycles. The minimum atomic E-state index is -10.9. The van der Waals surface area contributed by atoms with Crippen molar-refractivity contribution < 1.29 is 61.0 Å². The molecule has 0 aliphatic carbocycles. The van der Waals surface area contributed by atoms with Gasteiger partial charge in [0.25, 0.3) is 0 Å². The summed E-state index contributed by atoms with van der Waals surface area (Å²) in [5.41, 5.74) is -3.67. The average molecular weight is 624 g/mol. The van der Waals surface area contributed by atoms with Crippen LogP contribution in [0.25, 0.3) is 0 Å².